The molecule has 0 aliphatic carbocycles. The third-order valence-electron chi connectivity index (χ3n) is 2.37. The maximum absolute atomic E-state index is 12.0. The second-order valence-corrected chi connectivity index (χ2v) is 7.62. The van der Waals surface area contributed by atoms with E-state index in [-0.39, 0.29) is 5.91 Å². The van der Waals surface area contributed by atoms with Crippen molar-refractivity contribution in [2.75, 3.05) is 5.32 Å². The van der Waals surface area contributed by atoms with Crippen LogP contribution in [-0.2, 0) is 0 Å². The molecule has 1 aromatic carbocycles. The van der Waals surface area contributed by atoms with Gasteiger partial charge in [0, 0.05) is 5.02 Å². The summed E-state index contributed by atoms with van der Waals surface area (Å²) < 4.78 is 1.88. The number of nitrogens with zero attached hydrogens (tertiary/aromatic N) is 1. The van der Waals surface area contributed by atoms with Crippen LogP contribution in [0.25, 0.3) is 10.2 Å². The largest absolute Gasteiger partial charge is 0.297 e. The summed E-state index contributed by atoms with van der Waals surface area (Å²) in [7, 11) is 0. The summed E-state index contributed by atoms with van der Waals surface area (Å²) in [4.78, 5) is 17.0. The lowest BCUT2D eigenvalue weighted by Crippen LogP contribution is -2.09. The van der Waals surface area contributed by atoms with Crippen LogP contribution in [0.1, 0.15) is 9.67 Å². The van der Waals surface area contributed by atoms with Crippen molar-refractivity contribution in [3.05, 3.63) is 44.0 Å². The maximum atomic E-state index is 12.0. The summed E-state index contributed by atoms with van der Waals surface area (Å²) >= 11 is 12.0. The molecule has 96 valence electrons. The number of halogens is 2. The summed E-state index contributed by atoms with van der Waals surface area (Å²) in [6, 6.07) is 9.08. The number of thiophene rings is 1. The first-order chi connectivity index (χ1) is 9.11. The zero-order valence-electron chi connectivity index (χ0n) is 9.31. The van der Waals surface area contributed by atoms with Gasteiger partial charge in [-0.3, -0.25) is 10.1 Å². The Morgan fingerprint density at radius 1 is 1.26 bits per heavy atom. The summed E-state index contributed by atoms with van der Waals surface area (Å²) in [5.74, 6) is -0.152. The zero-order chi connectivity index (χ0) is 13.4. The number of rotatable bonds is 2. The van der Waals surface area contributed by atoms with Gasteiger partial charge in [0.15, 0.2) is 5.13 Å². The fourth-order valence-corrected chi connectivity index (χ4v) is 3.97. The number of nitrogens with one attached hydrogen (secondary N) is 1. The Morgan fingerprint density at radius 2 is 2.11 bits per heavy atom. The van der Waals surface area contributed by atoms with Gasteiger partial charge in [0.25, 0.3) is 5.91 Å². The van der Waals surface area contributed by atoms with Gasteiger partial charge in [-0.15, -0.1) is 11.3 Å². The first-order valence-electron chi connectivity index (χ1n) is 5.24. The lowest BCUT2D eigenvalue weighted by molar-refractivity contribution is 0.103. The number of hydrogen-bond acceptors (Lipinski definition) is 4. The first kappa shape index (κ1) is 13.1. The Labute approximate surface area is 130 Å². The number of amides is 1. The van der Waals surface area contributed by atoms with E-state index in [9.17, 15) is 4.79 Å². The lowest BCUT2D eigenvalue weighted by Gasteiger charge is -1.96. The number of aromatic nitrogens is 1. The molecule has 0 radical (unpaired) electrons. The molecule has 0 aliphatic rings. The van der Waals surface area contributed by atoms with Gasteiger partial charge in [-0.2, -0.15) is 0 Å². The van der Waals surface area contributed by atoms with Crippen molar-refractivity contribution in [3.63, 3.8) is 0 Å². The van der Waals surface area contributed by atoms with Crippen molar-refractivity contribution >= 4 is 71.5 Å². The third-order valence-corrected chi connectivity index (χ3v) is 5.16. The van der Waals surface area contributed by atoms with Crippen molar-refractivity contribution < 1.29 is 4.79 Å². The average Bonchev–Trinajstić information content (AvgIpc) is 2.94. The van der Waals surface area contributed by atoms with E-state index in [2.05, 4.69) is 26.2 Å². The van der Waals surface area contributed by atoms with Crippen LogP contribution < -0.4 is 5.32 Å². The van der Waals surface area contributed by atoms with Gasteiger partial charge < -0.3 is 0 Å². The van der Waals surface area contributed by atoms with E-state index >= 15 is 0 Å². The molecule has 7 heteroatoms. The highest BCUT2D eigenvalue weighted by molar-refractivity contribution is 9.11. The van der Waals surface area contributed by atoms with E-state index in [1.165, 1.54) is 22.7 Å². The Hall–Kier alpha value is -0.950. The fourth-order valence-electron chi connectivity index (χ4n) is 1.55. The molecule has 0 saturated carbocycles. The first-order valence-corrected chi connectivity index (χ1v) is 8.05. The highest BCUT2D eigenvalue weighted by Crippen LogP contribution is 2.29. The van der Waals surface area contributed by atoms with Crippen molar-refractivity contribution in [1.29, 1.82) is 0 Å². The summed E-state index contributed by atoms with van der Waals surface area (Å²) in [5.41, 5.74) is 0.831. The zero-order valence-corrected chi connectivity index (χ0v) is 13.3. The monoisotopic (exact) mass is 372 g/mol. The lowest BCUT2D eigenvalue weighted by atomic mass is 10.3. The van der Waals surface area contributed by atoms with Crippen LogP contribution in [-0.4, -0.2) is 10.9 Å². The molecule has 0 spiro atoms. The Kier molecular flexibility index (Phi) is 3.58. The number of thiazole rings is 1. The molecule has 3 rings (SSSR count). The molecule has 1 amide bonds. The van der Waals surface area contributed by atoms with Crippen LogP contribution in [0, 0.1) is 0 Å². The van der Waals surface area contributed by atoms with Crippen LogP contribution in [0.4, 0.5) is 5.13 Å². The minimum absolute atomic E-state index is 0.152. The highest BCUT2D eigenvalue weighted by Gasteiger charge is 2.11. The number of hydrogen-bond donors (Lipinski definition) is 1. The second-order valence-electron chi connectivity index (χ2n) is 3.69. The number of anilines is 1. The standard InChI is InChI=1S/C12H6BrClN2OS2/c13-10-4-3-8(18-10)11(17)16-12-15-7-2-1-6(14)5-9(7)19-12/h1-5H,(H,15,16,17). The van der Waals surface area contributed by atoms with Crippen molar-refractivity contribution in [1.82, 2.24) is 4.98 Å². The maximum Gasteiger partial charge on any atom is 0.267 e. The van der Waals surface area contributed by atoms with E-state index in [1.54, 1.807) is 12.1 Å². The number of benzene rings is 1. The van der Waals surface area contributed by atoms with Gasteiger partial charge in [0.2, 0.25) is 0 Å². The number of carbonyl (C=O) groups excluding carboxylic acids is 1. The average molecular weight is 374 g/mol. The van der Waals surface area contributed by atoms with E-state index < -0.39 is 0 Å². The predicted octanol–water partition coefficient (Wildman–Crippen LogP) is 5.03. The van der Waals surface area contributed by atoms with Crippen LogP contribution >= 0.6 is 50.2 Å². The minimum atomic E-state index is -0.152. The van der Waals surface area contributed by atoms with Gasteiger partial charge in [-0.25, -0.2) is 4.98 Å². The molecule has 0 saturated heterocycles. The molecule has 0 unspecified atom stereocenters. The number of fused-ring (bicyclic) bond motifs is 1. The molecule has 3 nitrogen and oxygen atoms in total. The highest BCUT2D eigenvalue weighted by atomic mass is 79.9. The van der Waals surface area contributed by atoms with Gasteiger partial charge in [0.1, 0.15) is 0 Å². The molecule has 1 N–H and O–H groups in total. The van der Waals surface area contributed by atoms with Gasteiger partial charge in [-0.05, 0) is 46.3 Å². The van der Waals surface area contributed by atoms with Crippen molar-refractivity contribution in [3.8, 4) is 0 Å². The third kappa shape index (κ3) is 2.81. The predicted molar refractivity (Wildman–Crippen MR) is 84.6 cm³/mol. The molecule has 0 bridgehead atoms. The molecule has 19 heavy (non-hydrogen) atoms. The van der Waals surface area contributed by atoms with Crippen LogP contribution in [0.2, 0.25) is 5.02 Å². The molecule has 2 aromatic heterocycles. The smallest absolute Gasteiger partial charge is 0.267 e. The normalized spacial score (nSPS) is 10.8. The topological polar surface area (TPSA) is 42.0 Å². The van der Waals surface area contributed by atoms with Gasteiger partial charge in [-0.1, -0.05) is 22.9 Å². The summed E-state index contributed by atoms with van der Waals surface area (Å²) in [5, 5.41) is 4.03. The molecule has 0 fully saturated rings. The molecule has 2 heterocycles. The van der Waals surface area contributed by atoms with Crippen LogP contribution in [0.5, 0.6) is 0 Å². The Bertz CT molecular complexity index is 768. The van der Waals surface area contributed by atoms with E-state index in [0.29, 0.717) is 15.0 Å². The SMILES string of the molecule is O=C(Nc1nc2ccc(Cl)cc2s1)c1ccc(Br)s1. The fraction of sp³-hybridized carbons (Fsp3) is 0. The number of carbonyl (C=O) groups is 1. The molecular formula is C12H6BrClN2OS2. The van der Waals surface area contributed by atoms with Gasteiger partial charge >= 0.3 is 0 Å². The van der Waals surface area contributed by atoms with E-state index in [1.807, 2.05) is 18.2 Å². The van der Waals surface area contributed by atoms with Crippen LogP contribution in [0.3, 0.4) is 0 Å². The van der Waals surface area contributed by atoms with Crippen molar-refractivity contribution in [2.45, 2.75) is 0 Å². The van der Waals surface area contributed by atoms with E-state index in [4.69, 9.17) is 11.6 Å². The molecule has 0 aliphatic heterocycles. The quantitative estimate of drug-likeness (QED) is 0.685. The van der Waals surface area contributed by atoms with Crippen molar-refractivity contribution in [2.24, 2.45) is 0 Å². The molecule has 0 atom stereocenters. The summed E-state index contributed by atoms with van der Waals surface area (Å²) in [6.45, 7) is 0. The molecule has 3 aromatic rings. The summed E-state index contributed by atoms with van der Waals surface area (Å²) in [6.07, 6.45) is 0. The Morgan fingerprint density at radius 3 is 2.84 bits per heavy atom. The molecular weight excluding hydrogens is 368 g/mol. The van der Waals surface area contributed by atoms with Gasteiger partial charge in [0.05, 0.1) is 18.9 Å². The Balaban J connectivity index is 1.87. The second kappa shape index (κ2) is 5.20. The van der Waals surface area contributed by atoms with E-state index in [0.717, 1.165) is 14.0 Å². The van der Waals surface area contributed by atoms with Crippen LogP contribution in [0.15, 0.2) is 34.1 Å². The minimum Gasteiger partial charge on any atom is -0.297 e.